The van der Waals surface area contributed by atoms with E-state index in [0.717, 1.165) is 36.6 Å². The van der Waals surface area contributed by atoms with Crippen LogP contribution in [0.15, 0.2) is 104 Å². The lowest BCUT2D eigenvalue weighted by molar-refractivity contribution is 0.356. The minimum absolute atomic E-state index is 0.347. The summed E-state index contributed by atoms with van der Waals surface area (Å²) in [7, 11) is 4.17. The second-order valence-electron chi connectivity index (χ2n) is 8.66. The lowest BCUT2D eigenvalue weighted by Crippen LogP contribution is -2.34. The number of aromatic nitrogens is 1. The summed E-state index contributed by atoms with van der Waals surface area (Å²) < 4.78 is 0. The summed E-state index contributed by atoms with van der Waals surface area (Å²) in [5, 5.41) is 0. The molecule has 0 aliphatic heterocycles. The van der Waals surface area contributed by atoms with Gasteiger partial charge in [-0.3, -0.25) is 4.98 Å². The smallest absolute Gasteiger partial charge is 0.105 e. The first kappa shape index (κ1) is 24.1. The molecule has 3 nitrogen and oxygen atoms in total. The maximum absolute atomic E-state index is 4.59. The van der Waals surface area contributed by atoms with Gasteiger partial charge in [-0.15, -0.1) is 5.73 Å². The maximum Gasteiger partial charge on any atom is 0.105 e. The summed E-state index contributed by atoms with van der Waals surface area (Å²) >= 11 is 0. The van der Waals surface area contributed by atoms with Crippen LogP contribution < -0.4 is 0 Å². The van der Waals surface area contributed by atoms with Gasteiger partial charge in [-0.1, -0.05) is 80.7 Å². The molecule has 0 amide bonds. The van der Waals surface area contributed by atoms with Crippen LogP contribution in [0.5, 0.6) is 0 Å². The van der Waals surface area contributed by atoms with E-state index in [1.54, 1.807) is 0 Å². The Hall–Kier alpha value is -3.55. The summed E-state index contributed by atoms with van der Waals surface area (Å²) in [6.45, 7) is 14.6. The van der Waals surface area contributed by atoms with Gasteiger partial charge in [0.1, 0.15) is 5.70 Å². The summed E-state index contributed by atoms with van der Waals surface area (Å²) in [6.07, 6.45) is 2.92. The number of allylic oxidation sites excluding steroid dienone is 1. The number of benzene rings is 2. The fraction of sp³-hybridized carbons (Fsp3) is 0.267. The van der Waals surface area contributed by atoms with E-state index >= 15 is 0 Å². The van der Waals surface area contributed by atoms with Crippen LogP contribution in [0, 0.1) is 0 Å². The fourth-order valence-corrected chi connectivity index (χ4v) is 4.36. The van der Waals surface area contributed by atoms with Gasteiger partial charge in [0.2, 0.25) is 0 Å². The van der Waals surface area contributed by atoms with E-state index in [0.29, 0.717) is 0 Å². The van der Waals surface area contributed by atoms with Crippen LogP contribution in [-0.4, -0.2) is 35.4 Å². The van der Waals surface area contributed by atoms with E-state index in [9.17, 15) is 0 Å². The Kier molecular flexibility index (Phi) is 7.92. The van der Waals surface area contributed by atoms with Crippen LogP contribution in [-0.2, 0) is 12.0 Å². The van der Waals surface area contributed by atoms with Crippen LogP contribution in [0.1, 0.15) is 42.7 Å². The highest BCUT2D eigenvalue weighted by atomic mass is 15.1. The molecule has 0 N–H and O–H groups in total. The zero-order valence-electron chi connectivity index (χ0n) is 20.4. The van der Waals surface area contributed by atoms with Crippen molar-refractivity contribution < 1.29 is 0 Å². The van der Waals surface area contributed by atoms with Crippen molar-refractivity contribution in [3.05, 3.63) is 126 Å². The standard InChI is InChI=1S/C30H35N3/c1-7-21-32(5)29(8-2)28-22-25(19-20-31-28)23-33(6)24(3)30(4,26-15-11-9-12-16-26)27-17-13-10-14-18-27/h9-20,22H,2-3,7,21,23H2,1,4-6H3. The minimum Gasteiger partial charge on any atom is -0.373 e. The third-order valence-electron chi connectivity index (χ3n) is 6.34. The Morgan fingerprint density at radius 1 is 0.939 bits per heavy atom. The van der Waals surface area contributed by atoms with Crippen molar-refractivity contribution in [1.29, 1.82) is 0 Å². The van der Waals surface area contributed by atoms with Gasteiger partial charge in [0.25, 0.3) is 0 Å². The molecule has 0 fully saturated rings. The van der Waals surface area contributed by atoms with Gasteiger partial charge in [0.05, 0.1) is 11.1 Å². The van der Waals surface area contributed by atoms with Crippen LogP contribution in [0.4, 0.5) is 0 Å². The molecule has 0 atom stereocenters. The van der Waals surface area contributed by atoms with Gasteiger partial charge in [0, 0.05) is 39.1 Å². The van der Waals surface area contributed by atoms with Gasteiger partial charge in [-0.2, -0.15) is 0 Å². The van der Waals surface area contributed by atoms with Crippen LogP contribution in [0.25, 0.3) is 5.70 Å². The number of hydrogen-bond donors (Lipinski definition) is 0. The molecule has 0 radical (unpaired) electrons. The topological polar surface area (TPSA) is 19.4 Å². The number of nitrogens with zero attached hydrogens (tertiary/aromatic N) is 3. The Balaban J connectivity index is 1.91. The van der Waals surface area contributed by atoms with E-state index in [-0.39, 0.29) is 5.41 Å². The Labute approximate surface area is 199 Å². The van der Waals surface area contributed by atoms with E-state index in [1.165, 1.54) is 16.7 Å². The molecule has 33 heavy (non-hydrogen) atoms. The van der Waals surface area contributed by atoms with Crippen molar-refractivity contribution in [2.75, 3.05) is 20.6 Å². The summed E-state index contributed by atoms with van der Waals surface area (Å²) in [6, 6.07) is 25.4. The van der Waals surface area contributed by atoms with E-state index < -0.39 is 0 Å². The Morgan fingerprint density at radius 2 is 1.52 bits per heavy atom. The van der Waals surface area contributed by atoms with Gasteiger partial charge >= 0.3 is 0 Å². The van der Waals surface area contributed by atoms with E-state index in [2.05, 4.69) is 134 Å². The van der Waals surface area contributed by atoms with E-state index in [4.69, 9.17) is 0 Å². The molecule has 0 spiro atoms. The predicted octanol–water partition coefficient (Wildman–Crippen LogP) is 6.50. The highest BCUT2D eigenvalue weighted by molar-refractivity contribution is 5.60. The first-order valence-corrected chi connectivity index (χ1v) is 11.5. The van der Waals surface area contributed by atoms with E-state index in [1.807, 2.05) is 6.20 Å². The molecule has 1 heterocycles. The van der Waals surface area contributed by atoms with Gasteiger partial charge in [-0.05, 0) is 42.2 Å². The lowest BCUT2D eigenvalue weighted by Gasteiger charge is -2.38. The van der Waals surface area contributed by atoms with Crippen molar-refractivity contribution in [3.8, 4) is 0 Å². The average molecular weight is 438 g/mol. The predicted molar refractivity (Wildman–Crippen MR) is 140 cm³/mol. The second-order valence-corrected chi connectivity index (χ2v) is 8.66. The highest BCUT2D eigenvalue weighted by Gasteiger charge is 2.34. The van der Waals surface area contributed by atoms with Crippen molar-refractivity contribution in [2.24, 2.45) is 0 Å². The van der Waals surface area contributed by atoms with Gasteiger partial charge < -0.3 is 9.80 Å². The van der Waals surface area contributed by atoms with Gasteiger partial charge in [-0.25, -0.2) is 0 Å². The van der Waals surface area contributed by atoms with Crippen molar-refractivity contribution >= 4 is 5.70 Å². The molecule has 0 saturated carbocycles. The summed E-state index contributed by atoms with van der Waals surface area (Å²) in [5.41, 5.74) is 9.21. The number of rotatable bonds is 10. The molecule has 3 aromatic rings. The summed E-state index contributed by atoms with van der Waals surface area (Å²) in [4.78, 5) is 8.99. The van der Waals surface area contributed by atoms with Crippen LogP contribution in [0.3, 0.4) is 0 Å². The zero-order valence-corrected chi connectivity index (χ0v) is 20.4. The molecular formula is C30H35N3. The first-order chi connectivity index (χ1) is 15.9. The minimum atomic E-state index is -0.347. The number of likely N-dealkylation sites (N-methyl/N-ethyl adjacent to an activating group) is 1. The van der Waals surface area contributed by atoms with Crippen LogP contribution >= 0.6 is 0 Å². The molecule has 0 saturated heterocycles. The molecule has 0 unspecified atom stereocenters. The molecule has 170 valence electrons. The molecule has 0 aliphatic carbocycles. The van der Waals surface area contributed by atoms with Crippen molar-refractivity contribution in [1.82, 2.24) is 14.8 Å². The molecule has 2 aromatic carbocycles. The van der Waals surface area contributed by atoms with Crippen molar-refractivity contribution in [2.45, 2.75) is 32.2 Å². The Bertz CT molecular complexity index is 1070. The van der Waals surface area contributed by atoms with Crippen LogP contribution in [0.2, 0.25) is 0 Å². The molecule has 0 aliphatic rings. The largest absolute Gasteiger partial charge is 0.373 e. The normalized spacial score (nSPS) is 10.9. The fourth-order valence-electron chi connectivity index (χ4n) is 4.36. The summed E-state index contributed by atoms with van der Waals surface area (Å²) in [5.74, 6) is 0. The highest BCUT2D eigenvalue weighted by Crippen LogP contribution is 2.39. The molecule has 3 rings (SSSR count). The SMILES string of the molecule is C=C=C(c1cc(CN(C)C(=C)C(C)(c2ccccc2)c2ccccc2)ccn1)N(C)CCC. The van der Waals surface area contributed by atoms with Gasteiger partial charge in [0.15, 0.2) is 0 Å². The zero-order chi connectivity index (χ0) is 23.8. The second kappa shape index (κ2) is 10.8. The number of pyridine rings is 1. The number of hydrogen-bond acceptors (Lipinski definition) is 3. The first-order valence-electron chi connectivity index (χ1n) is 11.5. The third kappa shape index (κ3) is 5.27. The lowest BCUT2D eigenvalue weighted by atomic mass is 9.73. The molecule has 0 bridgehead atoms. The Morgan fingerprint density at radius 3 is 2.03 bits per heavy atom. The maximum atomic E-state index is 4.59. The quantitative estimate of drug-likeness (QED) is 0.337. The average Bonchev–Trinajstić information content (AvgIpc) is 2.85. The third-order valence-corrected chi connectivity index (χ3v) is 6.34. The molecule has 3 heteroatoms. The monoisotopic (exact) mass is 437 g/mol. The molecule has 1 aromatic heterocycles. The molecular weight excluding hydrogens is 402 g/mol. The van der Waals surface area contributed by atoms with Crippen molar-refractivity contribution in [3.63, 3.8) is 0 Å².